The molecule has 0 amide bonds. The van der Waals surface area contributed by atoms with Crippen LogP contribution in [0, 0.1) is 0 Å². The quantitative estimate of drug-likeness (QED) is 0.707. The summed E-state index contributed by atoms with van der Waals surface area (Å²) in [5, 5.41) is 0. The Hall–Kier alpha value is -0.670. The summed E-state index contributed by atoms with van der Waals surface area (Å²) < 4.78 is 31.5. The Kier molecular flexibility index (Phi) is 8.42. The van der Waals surface area contributed by atoms with E-state index in [-0.39, 0.29) is 35.5 Å². The van der Waals surface area contributed by atoms with Gasteiger partial charge >= 0.3 is 5.97 Å². The summed E-state index contributed by atoms with van der Waals surface area (Å²) >= 11 is 3.15. The van der Waals surface area contributed by atoms with Crippen molar-refractivity contribution in [2.45, 2.75) is 24.3 Å². The van der Waals surface area contributed by atoms with Crippen LogP contribution in [0.15, 0.2) is 27.6 Å². The van der Waals surface area contributed by atoms with Crippen molar-refractivity contribution in [1.82, 2.24) is 4.72 Å². The van der Waals surface area contributed by atoms with Crippen LogP contribution in [0.1, 0.15) is 23.7 Å². The molecule has 0 fully saturated rings. The first-order valence-electron chi connectivity index (χ1n) is 5.91. The van der Waals surface area contributed by atoms with E-state index in [1.165, 1.54) is 25.3 Å². The lowest BCUT2D eigenvalue weighted by Crippen LogP contribution is -2.29. The minimum Gasteiger partial charge on any atom is -0.465 e. The smallest absolute Gasteiger partial charge is 0.337 e. The molecule has 0 aliphatic heterocycles. The van der Waals surface area contributed by atoms with Gasteiger partial charge in [0.15, 0.2) is 0 Å². The van der Waals surface area contributed by atoms with Gasteiger partial charge in [0.25, 0.3) is 0 Å². The standard InChI is InChI=1S/C12H17BrN2O4S.ClH/c1-8(14)5-6-15-20(17,18)11-4-3-9(7-10(11)13)12(16)19-2;/h3-4,7-8,15H,5-6,14H2,1-2H3;1H. The molecule has 1 unspecified atom stereocenters. The third kappa shape index (κ3) is 5.91. The Morgan fingerprint density at radius 2 is 2.10 bits per heavy atom. The highest BCUT2D eigenvalue weighted by atomic mass is 79.9. The van der Waals surface area contributed by atoms with Gasteiger partial charge in [-0.05, 0) is 47.5 Å². The van der Waals surface area contributed by atoms with E-state index >= 15 is 0 Å². The van der Waals surface area contributed by atoms with E-state index in [1.54, 1.807) is 6.92 Å². The van der Waals surface area contributed by atoms with Gasteiger partial charge in [-0.2, -0.15) is 0 Å². The maximum atomic E-state index is 12.1. The second-order valence-electron chi connectivity index (χ2n) is 4.30. The van der Waals surface area contributed by atoms with Gasteiger partial charge in [0.2, 0.25) is 10.0 Å². The van der Waals surface area contributed by atoms with Crippen molar-refractivity contribution < 1.29 is 17.9 Å². The van der Waals surface area contributed by atoms with Crippen molar-refractivity contribution in [3.8, 4) is 0 Å². The monoisotopic (exact) mass is 400 g/mol. The van der Waals surface area contributed by atoms with Crippen LogP contribution in [0.3, 0.4) is 0 Å². The Labute approximate surface area is 139 Å². The Morgan fingerprint density at radius 3 is 2.57 bits per heavy atom. The molecular weight excluding hydrogens is 384 g/mol. The van der Waals surface area contributed by atoms with Gasteiger partial charge < -0.3 is 10.5 Å². The van der Waals surface area contributed by atoms with Crippen LogP contribution in [0.4, 0.5) is 0 Å². The molecule has 1 aromatic carbocycles. The van der Waals surface area contributed by atoms with Crippen LogP contribution in [0.25, 0.3) is 0 Å². The molecule has 3 N–H and O–H groups in total. The average Bonchev–Trinajstić information content (AvgIpc) is 2.36. The topological polar surface area (TPSA) is 98.5 Å². The molecule has 0 aromatic heterocycles. The number of nitrogens with one attached hydrogen (secondary N) is 1. The first-order valence-corrected chi connectivity index (χ1v) is 8.18. The SMILES string of the molecule is COC(=O)c1ccc(S(=O)(=O)NCCC(C)N)c(Br)c1.Cl. The van der Waals surface area contributed by atoms with Crippen LogP contribution < -0.4 is 10.5 Å². The molecule has 0 aliphatic rings. The zero-order valence-electron chi connectivity index (χ0n) is 11.6. The molecule has 0 bridgehead atoms. The lowest BCUT2D eigenvalue weighted by atomic mass is 10.2. The number of esters is 1. The predicted molar refractivity (Wildman–Crippen MR) is 86.2 cm³/mol. The summed E-state index contributed by atoms with van der Waals surface area (Å²) in [6.45, 7) is 2.06. The number of halogens is 2. The van der Waals surface area contributed by atoms with Crippen molar-refractivity contribution in [1.29, 1.82) is 0 Å². The number of nitrogens with two attached hydrogens (primary N) is 1. The first kappa shape index (κ1) is 20.3. The minimum absolute atomic E-state index is 0. The lowest BCUT2D eigenvalue weighted by molar-refractivity contribution is 0.0600. The fraction of sp³-hybridized carbons (Fsp3) is 0.417. The van der Waals surface area contributed by atoms with Crippen LogP contribution in [-0.4, -0.2) is 34.1 Å². The molecule has 0 saturated carbocycles. The molecule has 9 heteroatoms. The predicted octanol–water partition coefficient (Wildman–Crippen LogP) is 1.67. The van der Waals surface area contributed by atoms with E-state index in [0.29, 0.717) is 10.9 Å². The fourth-order valence-electron chi connectivity index (χ4n) is 1.46. The molecule has 1 aromatic rings. The molecule has 0 heterocycles. The van der Waals surface area contributed by atoms with E-state index < -0.39 is 16.0 Å². The van der Waals surface area contributed by atoms with Crippen molar-refractivity contribution in [3.05, 3.63) is 28.2 Å². The largest absolute Gasteiger partial charge is 0.465 e. The molecule has 6 nitrogen and oxygen atoms in total. The number of sulfonamides is 1. The second kappa shape index (κ2) is 8.70. The van der Waals surface area contributed by atoms with Crippen LogP contribution in [-0.2, 0) is 14.8 Å². The Balaban J connectivity index is 0.00000400. The van der Waals surface area contributed by atoms with Gasteiger partial charge in [0, 0.05) is 17.1 Å². The molecule has 1 atom stereocenters. The third-order valence-electron chi connectivity index (χ3n) is 2.53. The summed E-state index contributed by atoms with van der Waals surface area (Å²) in [6, 6.07) is 4.08. The summed E-state index contributed by atoms with van der Waals surface area (Å²) in [5.74, 6) is -0.528. The van der Waals surface area contributed by atoms with E-state index in [1.807, 2.05) is 0 Å². The zero-order valence-corrected chi connectivity index (χ0v) is 14.8. The number of hydrogen-bond donors (Lipinski definition) is 2. The van der Waals surface area contributed by atoms with E-state index in [9.17, 15) is 13.2 Å². The molecule has 0 aliphatic carbocycles. The number of ether oxygens (including phenoxy) is 1. The molecule has 120 valence electrons. The van der Waals surface area contributed by atoms with Gasteiger partial charge in [-0.3, -0.25) is 0 Å². The highest BCUT2D eigenvalue weighted by Crippen LogP contribution is 2.23. The highest BCUT2D eigenvalue weighted by Gasteiger charge is 2.19. The number of rotatable bonds is 6. The average molecular weight is 402 g/mol. The molecule has 0 radical (unpaired) electrons. The number of carbonyl (C=O) groups is 1. The molecular formula is C12H18BrClN2O4S. The first-order chi connectivity index (χ1) is 9.27. The van der Waals surface area contributed by atoms with Crippen molar-refractivity contribution in [2.24, 2.45) is 5.73 Å². The molecule has 0 saturated heterocycles. The van der Waals surface area contributed by atoms with Gasteiger partial charge in [-0.25, -0.2) is 17.9 Å². The molecule has 0 spiro atoms. The Morgan fingerprint density at radius 1 is 1.48 bits per heavy atom. The summed E-state index contributed by atoms with van der Waals surface area (Å²) in [5.41, 5.74) is 5.84. The number of hydrogen-bond acceptors (Lipinski definition) is 5. The van der Waals surface area contributed by atoms with Crippen molar-refractivity contribution in [2.75, 3.05) is 13.7 Å². The number of methoxy groups -OCH3 is 1. The minimum atomic E-state index is -3.64. The number of carbonyl (C=O) groups excluding carboxylic acids is 1. The van der Waals surface area contributed by atoms with Gasteiger partial charge in [-0.15, -0.1) is 12.4 Å². The van der Waals surface area contributed by atoms with Crippen molar-refractivity contribution in [3.63, 3.8) is 0 Å². The van der Waals surface area contributed by atoms with Gasteiger partial charge in [0.1, 0.15) is 0 Å². The summed E-state index contributed by atoms with van der Waals surface area (Å²) in [6.07, 6.45) is 0.539. The van der Waals surface area contributed by atoms with Crippen LogP contribution in [0.2, 0.25) is 0 Å². The van der Waals surface area contributed by atoms with E-state index in [2.05, 4.69) is 25.4 Å². The Bertz CT molecular complexity index is 593. The zero-order chi connectivity index (χ0) is 15.3. The van der Waals surface area contributed by atoms with E-state index in [0.717, 1.165) is 0 Å². The fourth-order valence-corrected chi connectivity index (χ4v) is 3.59. The summed E-state index contributed by atoms with van der Waals surface area (Å²) in [4.78, 5) is 11.4. The summed E-state index contributed by atoms with van der Waals surface area (Å²) in [7, 11) is -2.38. The normalized spacial score (nSPS) is 12.4. The van der Waals surface area contributed by atoms with Crippen LogP contribution >= 0.6 is 28.3 Å². The van der Waals surface area contributed by atoms with Gasteiger partial charge in [-0.1, -0.05) is 0 Å². The van der Waals surface area contributed by atoms with Crippen LogP contribution in [0.5, 0.6) is 0 Å². The molecule has 21 heavy (non-hydrogen) atoms. The third-order valence-corrected chi connectivity index (χ3v) is 4.97. The number of benzene rings is 1. The van der Waals surface area contributed by atoms with Gasteiger partial charge in [0.05, 0.1) is 17.6 Å². The maximum Gasteiger partial charge on any atom is 0.337 e. The van der Waals surface area contributed by atoms with Crippen molar-refractivity contribution >= 4 is 44.3 Å². The highest BCUT2D eigenvalue weighted by molar-refractivity contribution is 9.10. The lowest BCUT2D eigenvalue weighted by Gasteiger charge is -2.10. The maximum absolute atomic E-state index is 12.1. The molecule has 1 rings (SSSR count). The second-order valence-corrected chi connectivity index (χ2v) is 6.89. The van der Waals surface area contributed by atoms with E-state index in [4.69, 9.17) is 5.73 Å².